The molecule has 0 radical (unpaired) electrons. The minimum Gasteiger partial charge on any atom is -0.481 e. The van der Waals surface area contributed by atoms with Crippen molar-refractivity contribution in [2.24, 2.45) is 11.8 Å². The van der Waals surface area contributed by atoms with E-state index < -0.39 is 11.9 Å². The van der Waals surface area contributed by atoms with Crippen LogP contribution in [0.2, 0.25) is 0 Å². The molecule has 1 N–H and O–H groups in total. The third-order valence-corrected chi connectivity index (χ3v) is 2.64. The molecule has 0 heterocycles. The average molecular weight is 215 g/mol. The molecule has 5 nitrogen and oxygen atoms in total. The maximum absolute atomic E-state index is 11.6. The molecule has 2 atom stereocenters. The summed E-state index contributed by atoms with van der Waals surface area (Å²) in [6.45, 7) is 1.24. The number of hydrogen-bond donors (Lipinski definition) is 1. The molecule has 1 saturated carbocycles. The molecule has 86 valence electrons. The first kappa shape index (κ1) is 12.0. The van der Waals surface area contributed by atoms with Crippen LogP contribution in [0, 0.1) is 11.8 Å². The topological polar surface area (TPSA) is 66.8 Å². The number of rotatable bonds is 6. The zero-order valence-corrected chi connectivity index (χ0v) is 9.10. The Bertz CT molecular complexity index is 254. The average Bonchev–Trinajstić information content (AvgIpc) is 2.96. The summed E-state index contributed by atoms with van der Waals surface area (Å²) in [5.74, 6) is -1.67. The highest BCUT2D eigenvalue weighted by Gasteiger charge is 2.49. The van der Waals surface area contributed by atoms with Crippen LogP contribution in [0.5, 0.6) is 0 Å². The molecule has 5 heteroatoms. The molecule has 0 saturated heterocycles. The second-order valence-electron chi connectivity index (χ2n) is 3.89. The Morgan fingerprint density at radius 3 is 2.60 bits per heavy atom. The van der Waals surface area contributed by atoms with E-state index in [1.165, 1.54) is 0 Å². The molecule has 1 amide bonds. The van der Waals surface area contributed by atoms with Crippen LogP contribution in [0.15, 0.2) is 0 Å². The van der Waals surface area contributed by atoms with E-state index in [1.54, 1.807) is 19.1 Å². The fraction of sp³-hybridized carbons (Fsp3) is 0.800. The number of hydrogen-bond acceptors (Lipinski definition) is 3. The second-order valence-corrected chi connectivity index (χ2v) is 3.89. The lowest BCUT2D eigenvalue weighted by molar-refractivity contribution is -0.141. The first-order valence-electron chi connectivity index (χ1n) is 5.04. The number of carbonyl (C=O) groups is 2. The van der Waals surface area contributed by atoms with Gasteiger partial charge in [-0.05, 0) is 12.8 Å². The van der Waals surface area contributed by atoms with Gasteiger partial charge in [0, 0.05) is 27.3 Å². The van der Waals surface area contributed by atoms with Crippen molar-refractivity contribution in [3.05, 3.63) is 0 Å². The molecular formula is C10H17NO4. The lowest BCUT2D eigenvalue weighted by Gasteiger charge is -2.16. The number of carboxylic acids is 1. The summed E-state index contributed by atoms with van der Waals surface area (Å²) in [4.78, 5) is 23.8. The fourth-order valence-corrected chi connectivity index (χ4v) is 1.58. The van der Waals surface area contributed by atoms with Gasteiger partial charge in [-0.25, -0.2) is 0 Å². The quantitative estimate of drug-likeness (QED) is 0.643. The molecule has 0 aliphatic heterocycles. The molecule has 0 aromatic heterocycles. The second kappa shape index (κ2) is 5.11. The van der Waals surface area contributed by atoms with Crippen molar-refractivity contribution in [1.29, 1.82) is 0 Å². The van der Waals surface area contributed by atoms with Crippen LogP contribution in [-0.4, -0.2) is 49.2 Å². The number of carboxylic acid groups (broad SMARTS) is 1. The molecule has 0 aromatic rings. The van der Waals surface area contributed by atoms with E-state index in [-0.39, 0.29) is 11.8 Å². The van der Waals surface area contributed by atoms with E-state index >= 15 is 0 Å². The highest BCUT2D eigenvalue weighted by molar-refractivity contribution is 5.89. The third kappa shape index (κ3) is 3.20. The third-order valence-electron chi connectivity index (χ3n) is 2.64. The van der Waals surface area contributed by atoms with Crippen molar-refractivity contribution < 1.29 is 19.4 Å². The first-order chi connectivity index (χ1) is 7.07. The van der Waals surface area contributed by atoms with Gasteiger partial charge < -0.3 is 14.7 Å². The lowest BCUT2D eigenvalue weighted by atomic mass is 10.2. The summed E-state index contributed by atoms with van der Waals surface area (Å²) in [7, 11) is 3.32. The van der Waals surface area contributed by atoms with Gasteiger partial charge >= 0.3 is 5.97 Å². The SMILES string of the molecule is COCCCN(C)C(=O)C1CC1C(=O)O. The van der Waals surface area contributed by atoms with Crippen LogP contribution < -0.4 is 0 Å². The lowest BCUT2D eigenvalue weighted by Crippen LogP contribution is -2.30. The summed E-state index contributed by atoms with van der Waals surface area (Å²) in [6, 6.07) is 0. The maximum Gasteiger partial charge on any atom is 0.307 e. The van der Waals surface area contributed by atoms with Crippen LogP contribution in [0.3, 0.4) is 0 Å². The molecular weight excluding hydrogens is 198 g/mol. The monoisotopic (exact) mass is 215 g/mol. The van der Waals surface area contributed by atoms with Crippen LogP contribution in [-0.2, 0) is 14.3 Å². The van der Waals surface area contributed by atoms with Gasteiger partial charge in [0.25, 0.3) is 0 Å². The molecule has 0 spiro atoms. The maximum atomic E-state index is 11.6. The molecule has 1 aliphatic carbocycles. The van der Waals surface area contributed by atoms with Crippen LogP contribution in [0.25, 0.3) is 0 Å². The zero-order valence-electron chi connectivity index (χ0n) is 9.10. The molecule has 0 aromatic carbocycles. The van der Waals surface area contributed by atoms with E-state index in [0.29, 0.717) is 19.6 Å². The Morgan fingerprint density at radius 1 is 1.47 bits per heavy atom. The van der Waals surface area contributed by atoms with Crippen molar-refractivity contribution in [2.45, 2.75) is 12.8 Å². The first-order valence-corrected chi connectivity index (χ1v) is 5.04. The van der Waals surface area contributed by atoms with Crippen molar-refractivity contribution in [3.8, 4) is 0 Å². The number of nitrogens with zero attached hydrogens (tertiary/aromatic N) is 1. The van der Waals surface area contributed by atoms with Gasteiger partial charge in [-0.3, -0.25) is 9.59 Å². The predicted octanol–water partition coefficient (Wildman–Crippen LogP) is 0.202. The number of aliphatic carboxylic acids is 1. The van der Waals surface area contributed by atoms with Gasteiger partial charge in [-0.15, -0.1) is 0 Å². The Hall–Kier alpha value is -1.10. The van der Waals surface area contributed by atoms with E-state index in [4.69, 9.17) is 9.84 Å². The Labute approximate surface area is 89.0 Å². The van der Waals surface area contributed by atoms with Gasteiger partial charge in [0.05, 0.1) is 11.8 Å². The number of ether oxygens (including phenoxy) is 1. The highest BCUT2D eigenvalue weighted by Crippen LogP contribution is 2.39. The highest BCUT2D eigenvalue weighted by atomic mass is 16.5. The Kier molecular flexibility index (Phi) is 4.08. The fourth-order valence-electron chi connectivity index (χ4n) is 1.58. The van der Waals surface area contributed by atoms with Gasteiger partial charge in [-0.2, -0.15) is 0 Å². The van der Waals surface area contributed by atoms with E-state index in [9.17, 15) is 9.59 Å². The zero-order chi connectivity index (χ0) is 11.4. The summed E-state index contributed by atoms with van der Waals surface area (Å²) < 4.78 is 4.88. The minimum atomic E-state index is -0.862. The number of methoxy groups -OCH3 is 1. The standard InChI is InChI=1S/C10H17NO4/c1-11(4-3-5-15-2)9(12)7-6-8(7)10(13)14/h7-8H,3-6H2,1-2H3,(H,13,14). The summed E-state index contributed by atoms with van der Waals surface area (Å²) in [5, 5.41) is 8.68. The van der Waals surface area contributed by atoms with Crippen molar-refractivity contribution >= 4 is 11.9 Å². The smallest absolute Gasteiger partial charge is 0.307 e. The van der Waals surface area contributed by atoms with Gasteiger partial charge in [0.2, 0.25) is 5.91 Å². The van der Waals surface area contributed by atoms with Gasteiger partial charge in [0.15, 0.2) is 0 Å². The van der Waals surface area contributed by atoms with Gasteiger partial charge in [0.1, 0.15) is 0 Å². The predicted molar refractivity (Wildman–Crippen MR) is 53.4 cm³/mol. The van der Waals surface area contributed by atoms with Crippen LogP contribution in [0.4, 0.5) is 0 Å². The van der Waals surface area contributed by atoms with E-state index in [2.05, 4.69) is 0 Å². The summed E-state index contributed by atoms with van der Waals surface area (Å²) in [5.41, 5.74) is 0. The Balaban J connectivity index is 2.26. The van der Waals surface area contributed by atoms with Crippen molar-refractivity contribution in [1.82, 2.24) is 4.90 Å². The van der Waals surface area contributed by atoms with Crippen LogP contribution in [0.1, 0.15) is 12.8 Å². The normalized spacial score (nSPS) is 23.6. The molecule has 1 rings (SSSR count). The van der Waals surface area contributed by atoms with Crippen LogP contribution >= 0.6 is 0 Å². The van der Waals surface area contributed by atoms with Crippen molar-refractivity contribution in [2.75, 3.05) is 27.3 Å². The van der Waals surface area contributed by atoms with E-state index in [0.717, 1.165) is 6.42 Å². The van der Waals surface area contributed by atoms with E-state index in [1.807, 2.05) is 0 Å². The summed E-state index contributed by atoms with van der Waals surface area (Å²) in [6.07, 6.45) is 1.27. The number of amides is 1. The molecule has 1 fully saturated rings. The minimum absolute atomic E-state index is 0.0569. The molecule has 1 aliphatic rings. The molecule has 15 heavy (non-hydrogen) atoms. The molecule has 0 bridgehead atoms. The largest absolute Gasteiger partial charge is 0.481 e. The summed E-state index contributed by atoms with van der Waals surface area (Å²) >= 11 is 0. The number of carbonyl (C=O) groups excluding carboxylic acids is 1. The van der Waals surface area contributed by atoms with Crippen molar-refractivity contribution in [3.63, 3.8) is 0 Å². The van der Waals surface area contributed by atoms with Gasteiger partial charge in [-0.1, -0.05) is 0 Å². The Morgan fingerprint density at radius 2 is 2.13 bits per heavy atom. The molecule has 2 unspecified atom stereocenters.